The van der Waals surface area contributed by atoms with Gasteiger partial charge in [0.25, 0.3) is 0 Å². The molecule has 1 amide bonds. The van der Waals surface area contributed by atoms with Crippen molar-refractivity contribution in [3.8, 4) is 0 Å². The summed E-state index contributed by atoms with van der Waals surface area (Å²) < 4.78 is 26.0. The molecule has 104 valence electrons. The van der Waals surface area contributed by atoms with Crippen LogP contribution in [0.5, 0.6) is 0 Å². The largest absolute Gasteiger partial charge is 0.342 e. The number of carbonyl (C=O) groups excluding carboxylic acids is 1. The summed E-state index contributed by atoms with van der Waals surface area (Å²) in [5, 5.41) is 0. The zero-order chi connectivity index (χ0) is 14.2. The topological polar surface area (TPSA) is 46.3 Å². The van der Waals surface area contributed by atoms with Gasteiger partial charge in [0.1, 0.15) is 0 Å². The van der Waals surface area contributed by atoms with Crippen LogP contribution in [0.4, 0.5) is 8.78 Å². The molecule has 2 rings (SSSR count). The molecule has 1 aliphatic rings. The van der Waals surface area contributed by atoms with Gasteiger partial charge in [-0.25, -0.2) is 8.78 Å². The van der Waals surface area contributed by atoms with Crippen LogP contribution in [0.3, 0.4) is 0 Å². The first-order chi connectivity index (χ1) is 8.95. The Bertz CT molecular complexity index is 492. The van der Waals surface area contributed by atoms with Gasteiger partial charge in [0.05, 0.1) is 0 Å². The van der Waals surface area contributed by atoms with Crippen molar-refractivity contribution in [2.75, 3.05) is 13.6 Å². The molecule has 3 nitrogen and oxygen atoms in total. The van der Waals surface area contributed by atoms with Crippen LogP contribution in [0.15, 0.2) is 18.2 Å². The summed E-state index contributed by atoms with van der Waals surface area (Å²) in [6.07, 6.45) is 0.686. The van der Waals surface area contributed by atoms with Gasteiger partial charge in [-0.2, -0.15) is 0 Å². The summed E-state index contributed by atoms with van der Waals surface area (Å²) in [6, 6.07) is 3.82. The molecule has 0 heterocycles. The number of nitrogens with two attached hydrogens (primary N) is 1. The van der Waals surface area contributed by atoms with E-state index < -0.39 is 11.6 Å². The second kappa shape index (κ2) is 5.25. The molecule has 0 aromatic heterocycles. The van der Waals surface area contributed by atoms with Crippen LogP contribution in [-0.4, -0.2) is 30.4 Å². The van der Waals surface area contributed by atoms with E-state index in [1.807, 2.05) is 6.92 Å². The quantitative estimate of drug-likeness (QED) is 0.906. The summed E-state index contributed by atoms with van der Waals surface area (Å²) in [5.74, 6) is -1.84. The Morgan fingerprint density at radius 3 is 2.74 bits per heavy atom. The highest BCUT2D eigenvalue weighted by Gasteiger charge is 2.45. The summed E-state index contributed by atoms with van der Waals surface area (Å²) in [7, 11) is 1.72. The molecule has 5 heteroatoms. The van der Waals surface area contributed by atoms with E-state index in [2.05, 4.69) is 0 Å². The number of carbonyl (C=O) groups is 1. The van der Waals surface area contributed by atoms with Gasteiger partial charge in [-0.3, -0.25) is 4.79 Å². The van der Waals surface area contributed by atoms with E-state index in [9.17, 15) is 13.6 Å². The van der Waals surface area contributed by atoms with Gasteiger partial charge in [0, 0.05) is 25.6 Å². The first-order valence-electron chi connectivity index (χ1n) is 6.37. The maximum atomic E-state index is 13.2. The van der Waals surface area contributed by atoms with Crippen LogP contribution >= 0.6 is 0 Å². The molecule has 2 N–H and O–H groups in total. The highest BCUT2D eigenvalue weighted by atomic mass is 19.2. The molecule has 19 heavy (non-hydrogen) atoms. The second-order valence-electron chi connectivity index (χ2n) is 5.16. The van der Waals surface area contributed by atoms with Gasteiger partial charge in [0.15, 0.2) is 11.6 Å². The summed E-state index contributed by atoms with van der Waals surface area (Å²) in [6.45, 7) is 2.29. The van der Waals surface area contributed by atoms with Gasteiger partial charge in [-0.1, -0.05) is 6.07 Å². The highest BCUT2D eigenvalue weighted by Crippen LogP contribution is 2.48. The van der Waals surface area contributed by atoms with E-state index >= 15 is 0 Å². The Labute approximate surface area is 111 Å². The molecular formula is C14H18F2N2O. The molecule has 0 saturated heterocycles. The van der Waals surface area contributed by atoms with Crippen molar-refractivity contribution >= 4 is 5.91 Å². The van der Waals surface area contributed by atoms with E-state index in [1.165, 1.54) is 6.07 Å². The van der Waals surface area contributed by atoms with Crippen molar-refractivity contribution in [1.29, 1.82) is 0 Å². The summed E-state index contributed by atoms with van der Waals surface area (Å²) in [5.41, 5.74) is 6.21. The van der Waals surface area contributed by atoms with Gasteiger partial charge in [-0.05, 0) is 37.0 Å². The molecule has 3 atom stereocenters. The number of likely N-dealkylation sites (N-methyl/N-ethyl adjacent to an activating group) is 1. The molecule has 0 aliphatic heterocycles. The monoisotopic (exact) mass is 268 g/mol. The Morgan fingerprint density at radius 2 is 2.16 bits per heavy atom. The van der Waals surface area contributed by atoms with Crippen LogP contribution in [0.1, 0.15) is 24.8 Å². The molecule has 1 aliphatic carbocycles. The fourth-order valence-corrected chi connectivity index (χ4v) is 2.22. The SMILES string of the molecule is CC(CN)N(C)C(=O)C1CC1c1ccc(F)c(F)c1. The lowest BCUT2D eigenvalue weighted by Gasteiger charge is -2.23. The average molecular weight is 268 g/mol. The number of halogens is 2. The zero-order valence-corrected chi connectivity index (χ0v) is 11.1. The lowest BCUT2D eigenvalue weighted by Crippen LogP contribution is -2.40. The number of amides is 1. The Balaban J connectivity index is 2.04. The van der Waals surface area contributed by atoms with E-state index in [0.717, 1.165) is 6.07 Å². The third kappa shape index (κ3) is 2.76. The maximum Gasteiger partial charge on any atom is 0.226 e. The van der Waals surface area contributed by atoms with Gasteiger partial charge < -0.3 is 10.6 Å². The van der Waals surface area contributed by atoms with Crippen molar-refractivity contribution < 1.29 is 13.6 Å². The number of hydrogen-bond acceptors (Lipinski definition) is 2. The highest BCUT2D eigenvalue weighted by molar-refractivity contribution is 5.83. The predicted octanol–water partition coefficient (Wildman–Crippen LogP) is 1.87. The fourth-order valence-electron chi connectivity index (χ4n) is 2.22. The number of nitrogens with zero attached hydrogens (tertiary/aromatic N) is 1. The van der Waals surface area contributed by atoms with Crippen LogP contribution in [0.25, 0.3) is 0 Å². The number of rotatable bonds is 4. The van der Waals surface area contributed by atoms with Gasteiger partial charge in [0.2, 0.25) is 5.91 Å². The van der Waals surface area contributed by atoms with Crippen molar-refractivity contribution in [3.05, 3.63) is 35.4 Å². The average Bonchev–Trinajstić information content (AvgIpc) is 3.19. The molecule has 1 aromatic rings. The van der Waals surface area contributed by atoms with Crippen molar-refractivity contribution in [1.82, 2.24) is 4.90 Å². The smallest absolute Gasteiger partial charge is 0.226 e. The molecule has 0 spiro atoms. The standard InChI is InChI=1S/C14H18F2N2O/c1-8(7-17)18(2)14(19)11-6-10(11)9-3-4-12(15)13(16)5-9/h3-5,8,10-11H,6-7,17H2,1-2H3. The van der Waals surface area contributed by atoms with Crippen LogP contribution in [0, 0.1) is 17.6 Å². The third-order valence-corrected chi connectivity index (χ3v) is 3.83. The minimum absolute atomic E-state index is 0.00461. The summed E-state index contributed by atoms with van der Waals surface area (Å²) >= 11 is 0. The lowest BCUT2D eigenvalue weighted by molar-refractivity contribution is -0.133. The van der Waals surface area contributed by atoms with Crippen molar-refractivity contribution in [2.45, 2.75) is 25.3 Å². The number of benzene rings is 1. The van der Waals surface area contributed by atoms with E-state index in [0.29, 0.717) is 18.5 Å². The second-order valence-corrected chi connectivity index (χ2v) is 5.16. The van der Waals surface area contributed by atoms with Gasteiger partial charge in [-0.15, -0.1) is 0 Å². The molecule has 1 fully saturated rings. The number of hydrogen-bond donors (Lipinski definition) is 1. The zero-order valence-electron chi connectivity index (χ0n) is 11.1. The minimum atomic E-state index is -0.862. The summed E-state index contributed by atoms with van der Waals surface area (Å²) in [4.78, 5) is 13.8. The Hall–Kier alpha value is -1.49. The lowest BCUT2D eigenvalue weighted by atomic mass is 10.1. The van der Waals surface area contributed by atoms with E-state index in [4.69, 9.17) is 5.73 Å². The van der Waals surface area contributed by atoms with Crippen LogP contribution < -0.4 is 5.73 Å². The van der Waals surface area contributed by atoms with E-state index in [1.54, 1.807) is 18.0 Å². The van der Waals surface area contributed by atoms with Crippen molar-refractivity contribution in [2.24, 2.45) is 11.7 Å². The molecule has 3 unspecified atom stereocenters. The molecule has 0 bridgehead atoms. The first-order valence-corrected chi connectivity index (χ1v) is 6.37. The first kappa shape index (κ1) is 13.9. The third-order valence-electron chi connectivity index (χ3n) is 3.83. The normalized spacial score (nSPS) is 23.0. The molecule has 1 aromatic carbocycles. The molecule has 0 radical (unpaired) electrons. The fraction of sp³-hybridized carbons (Fsp3) is 0.500. The van der Waals surface area contributed by atoms with Crippen molar-refractivity contribution in [3.63, 3.8) is 0 Å². The Kier molecular flexibility index (Phi) is 3.85. The van der Waals surface area contributed by atoms with Crippen LogP contribution in [-0.2, 0) is 4.79 Å². The molecule has 1 saturated carbocycles. The van der Waals surface area contributed by atoms with Crippen LogP contribution in [0.2, 0.25) is 0 Å². The maximum absolute atomic E-state index is 13.2. The molecular weight excluding hydrogens is 250 g/mol. The van der Waals surface area contributed by atoms with Gasteiger partial charge >= 0.3 is 0 Å². The van der Waals surface area contributed by atoms with E-state index in [-0.39, 0.29) is 23.8 Å². The predicted molar refractivity (Wildman–Crippen MR) is 68.5 cm³/mol. The Morgan fingerprint density at radius 1 is 1.47 bits per heavy atom. The minimum Gasteiger partial charge on any atom is -0.342 e.